The highest BCUT2D eigenvalue weighted by atomic mass is 35.5. The van der Waals surface area contributed by atoms with Gasteiger partial charge in [-0.25, -0.2) is 9.18 Å². The van der Waals surface area contributed by atoms with Gasteiger partial charge in [-0.1, -0.05) is 35.5 Å². The zero-order valence-corrected chi connectivity index (χ0v) is 18.3. The van der Waals surface area contributed by atoms with Gasteiger partial charge in [0.25, 0.3) is 0 Å². The Hall–Kier alpha value is -1.76. The van der Waals surface area contributed by atoms with Crippen molar-refractivity contribution in [1.82, 2.24) is 4.90 Å². The van der Waals surface area contributed by atoms with Gasteiger partial charge in [-0.3, -0.25) is 0 Å². The van der Waals surface area contributed by atoms with E-state index in [1.165, 1.54) is 23.9 Å². The molecule has 1 aliphatic heterocycles. The Morgan fingerprint density at radius 1 is 1.17 bits per heavy atom. The molecule has 0 atom stereocenters. The maximum absolute atomic E-state index is 14.0. The Morgan fingerprint density at radius 2 is 1.83 bits per heavy atom. The van der Waals surface area contributed by atoms with E-state index >= 15 is 0 Å². The third kappa shape index (κ3) is 5.44. The van der Waals surface area contributed by atoms with Gasteiger partial charge in [0.05, 0.1) is 10.6 Å². The summed E-state index contributed by atoms with van der Waals surface area (Å²) in [5.41, 5.74) is -1.29. The van der Waals surface area contributed by atoms with Gasteiger partial charge in [0.1, 0.15) is 11.4 Å². The summed E-state index contributed by atoms with van der Waals surface area (Å²) in [5.74, 6) is -0.411. The number of nitrogens with zero attached hydrogens (tertiary/aromatic N) is 1. The number of ether oxygens (including phenoxy) is 1. The van der Waals surface area contributed by atoms with E-state index in [-0.39, 0.29) is 0 Å². The van der Waals surface area contributed by atoms with Crippen LogP contribution < -0.4 is 0 Å². The van der Waals surface area contributed by atoms with Crippen molar-refractivity contribution in [3.63, 3.8) is 0 Å². The molecule has 2 aromatic rings. The van der Waals surface area contributed by atoms with Gasteiger partial charge in [0.15, 0.2) is 0 Å². The van der Waals surface area contributed by atoms with Crippen molar-refractivity contribution in [3.8, 4) is 0 Å². The molecule has 1 aliphatic rings. The fraction of sp³-hybridized carbons (Fsp3) is 0.409. The number of rotatable bonds is 3. The van der Waals surface area contributed by atoms with Crippen LogP contribution in [0.15, 0.2) is 52.3 Å². The molecule has 1 amide bonds. The number of aliphatic hydroxyl groups is 1. The summed E-state index contributed by atoms with van der Waals surface area (Å²) in [4.78, 5) is 15.5. The van der Waals surface area contributed by atoms with Gasteiger partial charge in [0.2, 0.25) is 0 Å². The average Bonchev–Trinajstić information content (AvgIpc) is 2.64. The Morgan fingerprint density at radius 3 is 2.45 bits per heavy atom. The molecule has 156 valence electrons. The maximum atomic E-state index is 14.0. The second kappa shape index (κ2) is 8.54. The summed E-state index contributed by atoms with van der Waals surface area (Å²) >= 11 is 7.66. The number of benzene rings is 2. The molecule has 0 saturated carbocycles. The minimum absolute atomic E-state index is 0.297. The molecule has 0 unspecified atom stereocenters. The lowest BCUT2D eigenvalue weighted by Crippen LogP contribution is -2.47. The normalized spacial score (nSPS) is 16.6. The first-order valence-electron chi connectivity index (χ1n) is 9.50. The van der Waals surface area contributed by atoms with Crippen LogP contribution in [0.2, 0.25) is 5.02 Å². The molecule has 2 aromatic carbocycles. The monoisotopic (exact) mass is 437 g/mol. The van der Waals surface area contributed by atoms with Crippen LogP contribution in [0, 0.1) is 5.82 Å². The number of likely N-dealkylation sites (tertiary alicyclic amines) is 1. The van der Waals surface area contributed by atoms with E-state index in [0.29, 0.717) is 36.5 Å². The molecular formula is C22H25ClFNO3S. The van der Waals surface area contributed by atoms with Crippen LogP contribution in [0.4, 0.5) is 9.18 Å². The van der Waals surface area contributed by atoms with Gasteiger partial charge in [-0.15, -0.1) is 0 Å². The van der Waals surface area contributed by atoms with E-state index in [9.17, 15) is 14.3 Å². The summed E-state index contributed by atoms with van der Waals surface area (Å²) in [6.07, 6.45) is 0.196. The van der Waals surface area contributed by atoms with E-state index in [2.05, 4.69) is 0 Å². The van der Waals surface area contributed by atoms with Crippen molar-refractivity contribution in [2.45, 2.75) is 54.6 Å². The third-order valence-corrected chi connectivity index (χ3v) is 6.34. The molecule has 7 heteroatoms. The van der Waals surface area contributed by atoms with Crippen LogP contribution in [-0.4, -0.2) is 34.8 Å². The molecule has 0 aliphatic carbocycles. The Balaban J connectivity index is 1.81. The first-order valence-corrected chi connectivity index (χ1v) is 10.7. The lowest BCUT2D eigenvalue weighted by Gasteiger charge is -2.39. The number of carbonyl (C=O) groups excluding carboxylic acids is 1. The second-order valence-electron chi connectivity index (χ2n) is 8.17. The van der Waals surface area contributed by atoms with Crippen LogP contribution in [-0.2, 0) is 10.3 Å². The van der Waals surface area contributed by atoms with Crippen LogP contribution in [0.5, 0.6) is 0 Å². The van der Waals surface area contributed by atoms with Crippen LogP contribution >= 0.6 is 23.4 Å². The number of hydrogen-bond donors (Lipinski definition) is 1. The molecule has 29 heavy (non-hydrogen) atoms. The maximum Gasteiger partial charge on any atom is 0.410 e. The first-order chi connectivity index (χ1) is 13.6. The minimum Gasteiger partial charge on any atom is -0.444 e. The summed E-state index contributed by atoms with van der Waals surface area (Å²) < 4.78 is 19.5. The van der Waals surface area contributed by atoms with E-state index in [0.717, 1.165) is 9.79 Å². The first kappa shape index (κ1) is 21.9. The highest BCUT2D eigenvalue weighted by Gasteiger charge is 2.38. The van der Waals surface area contributed by atoms with Crippen LogP contribution in [0.25, 0.3) is 0 Å². The number of amides is 1. The smallest absolute Gasteiger partial charge is 0.410 e. The van der Waals surface area contributed by atoms with Gasteiger partial charge in [0, 0.05) is 28.4 Å². The molecule has 1 N–H and O–H groups in total. The standard InChI is InChI=1S/C22H25ClFNO3S/c1-21(2,3)28-20(26)25-12-10-22(27,11-13-25)16-14-15(24)8-9-18(16)29-19-7-5-4-6-17(19)23/h4-9,14,27H,10-13H2,1-3H3. The Labute approximate surface area is 180 Å². The molecule has 0 spiro atoms. The van der Waals surface area contributed by atoms with Crippen molar-refractivity contribution in [2.24, 2.45) is 0 Å². The second-order valence-corrected chi connectivity index (χ2v) is 9.66. The van der Waals surface area contributed by atoms with Crippen molar-refractivity contribution in [1.29, 1.82) is 0 Å². The van der Waals surface area contributed by atoms with Gasteiger partial charge in [-0.05, 0) is 63.9 Å². The van der Waals surface area contributed by atoms with Crippen molar-refractivity contribution in [3.05, 3.63) is 58.9 Å². The van der Waals surface area contributed by atoms with Crippen LogP contribution in [0.3, 0.4) is 0 Å². The van der Waals surface area contributed by atoms with Gasteiger partial charge >= 0.3 is 6.09 Å². The number of carbonyl (C=O) groups is 1. The summed E-state index contributed by atoms with van der Waals surface area (Å²) in [7, 11) is 0. The van der Waals surface area contributed by atoms with Crippen molar-refractivity contribution >= 4 is 29.5 Å². The van der Waals surface area contributed by atoms with E-state index < -0.39 is 23.1 Å². The zero-order valence-electron chi connectivity index (χ0n) is 16.7. The predicted molar refractivity (Wildman–Crippen MR) is 113 cm³/mol. The average molecular weight is 438 g/mol. The summed E-state index contributed by atoms with van der Waals surface area (Å²) in [5, 5.41) is 11.9. The molecule has 0 radical (unpaired) electrons. The Kier molecular flexibility index (Phi) is 6.46. The Bertz CT molecular complexity index is 892. The largest absolute Gasteiger partial charge is 0.444 e. The van der Waals surface area contributed by atoms with E-state index in [4.69, 9.17) is 16.3 Å². The quantitative estimate of drug-likeness (QED) is 0.654. The molecule has 1 fully saturated rings. The molecule has 3 rings (SSSR count). The van der Waals surface area contributed by atoms with E-state index in [1.807, 2.05) is 39.0 Å². The van der Waals surface area contributed by atoms with Gasteiger partial charge < -0.3 is 14.7 Å². The van der Waals surface area contributed by atoms with Gasteiger partial charge in [-0.2, -0.15) is 0 Å². The lowest BCUT2D eigenvalue weighted by atomic mass is 9.84. The summed E-state index contributed by atoms with van der Waals surface area (Å²) in [6, 6.07) is 11.8. The third-order valence-electron chi connectivity index (χ3n) is 4.74. The molecule has 1 saturated heterocycles. The number of piperidine rings is 1. The highest BCUT2D eigenvalue weighted by molar-refractivity contribution is 7.99. The minimum atomic E-state index is -1.23. The zero-order chi connectivity index (χ0) is 21.2. The van der Waals surface area contributed by atoms with Crippen molar-refractivity contribution < 1.29 is 19.0 Å². The fourth-order valence-corrected chi connectivity index (χ4v) is 4.55. The number of halogens is 2. The fourth-order valence-electron chi connectivity index (χ4n) is 3.26. The topological polar surface area (TPSA) is 49.8 Å². The summed E-state index contributed by atoms with van der Waals surface area (Å²) in [6.45, 7) is 6.11. The molecule has 0 bridgehead atoms. The van der Waals surface area contributed by atoms with Crippen molar-refractivity contribution in [2.75, 3.05) is 13.1 Å². The highest BCUT2D eigenvalue weighted by Crippen LogP contribution is 2.42. The molecular weight excluding hydrogens is 413 g/mol. The predicted octanol–water partition coefficient (Wildman–Crippen LogP) is 5.85. The van der Waals surface area contributed by atoms with Crippen LogP contribution in [0.1, 0.15) is 39.2 Å². The molecule has 1 heterocycles. The number of hydrogen-bond acceptors (Lipinski definition) is 4. The SMILES string of the molecule is CC(C)(C)OC(=O)N1CCC(O)(c2cc(F)ccc2Sc2ccccc2Cl)CC1. The molecule has 4 nitrogen and oxygen atoms in total. The van der Waals surface area contributed by atoms with E-state index in [1.54, 1.807) is 17.0 Å². The molecule has 0 aromatic heterocycles. The lowest BCUT2D eigenvalue weighted by molar-refractivity contribution is -0.0373.